The lowest BCUT2D eigenvalue weighted by Crippen LogP contribution is -2.52. The Kier molecular flexibility index (Phi) is 5.88. The molecule has 1 amide bonds. The van der Waals surface area contributed by atoms with Crippen molar-refractivity contribution in [3.63, 3.8) is 0 Å². The van der Waals surface area contributed by atoms with Crippen molar-refractivity contribution in [2.75, 3.05) is 33.4 Å². The lowest BCUT2D eigenvalue weighted by Gasteiger charge is -2.36. The van der Waals surface area contributed by atoms with Crippen LogP contribution in [0.25, 0.3) is 0 Å². The molecule has 1 saturated heterocycles. The molecular formula is C12H24N2O3. The van der Waals surface area contributed by atoms with Gasteiger partial charge in [-0.15, -0.1) is 0 Å². The molecule has 100 valence electrons. The van der Waals surface area contributed by atoms with Gasteiger partial charge in [-0.05, 0) is 20.8 Å². The van der Waals surface area contributed by atoms with Crippen molar-refractivity contribution in [1.29, 1.82) is 0 Å². The number of hydrogen-bond donors (Lipinski definition) is 1. The summed E-state index contributed by atoms with van der Waals surface area (Å²) >= 11 is 0. The first-order valence-corrected chi connectivity index (χ1v) is 6.17. The number of hydrogen-bond acceptors (Lipinski definition) is 4. The molecule has 1 heterocycles. The second-order valence-electron chi connectivity index (χ2n) is 4.85. The lowest BCUT2D eigenvalue weighted by atomic mass is 10.2. The molecule has 0 bridgehead atoms. The number of carbonyl (C=O) groups is 1. The van der Waals surface area contributed by atoms with Gasteiger partial charge in [0, 0.05) is 25.7 Å². The molecule has 0 aromatic carbocycles. The Balaban J connectivity index is 2.33. The van der Waals surface area contributed by atoms with Crippen LogP contribution >= 0.6 is 0 Å². The molecule has 0 aromatic heterocycles. The van der Waals surface area contributed by atoms with Crippen molar-refractivity contribution in [1.82, 2.24) is 10.2 Å². The molecule has 1 rings (SSSR count). The van der Waals surface area contributed by atoms with E-state index in [2.05, 4.69) is 17.1 Å². The molecule has 0 aromatic rings. The highest BCUT2D eigenvalue weighted by molar-refractivity contribution is 5.78. The molecule has 5 heteroatoms. The molecule has 0 spiro atoms. The van der Waals surface area contributed by atoms with Gasteiger partial charge >= 0.3 is 0 Å². The number of nitrogens with one attached hydrogen (secondary N) is 1. The van der Waals surface area contributed by atoms with E-state index in [4.69, 9.17) is 9.47 Å². The van der Waals surface area contributed by atoms with Gasteiger partial charge in [0.2, 0.25) is 5.91 Å². The summed E-state index contributed by atoms with van der Waals surface area (Å²) in [4.78, 5) is 14.0. The number of nitrogens with zero attached hydrogens (tertiary/aromatic N) is 1. The van der Waals surface area contributed by atoms with Crippen LogP contribution < -0.4 is 5.32 Å². The van der Waals surface area contributed by atoms with E-state index in [0.717, 1.165) is 6.54 Å². The molecular weight excluding hydrogens is 220 g/mol. The summed E-state index contributed by atoms with van der Waals surface area (Å²) in [5.41, 5.74) is 0. The summed E-state index contributed by atoms with van der Waals surface area (Å²) in [5.74, 6) is 0.0514. The molecule has 1 N–H and O–H groups in total. The number of methoxy groups -OCH3 is 1. The van der Waals surface area contributed by atoms with Gasteiger partial charge in [-0.2, -0.15) is 0 Å². The Morgan fingerprint density at radius 3 is 2.94 bits per heavy atom. The van der Waals surface area contributed by atoms with Crippen LogP contribution in [0, 0.1) is 0 Å². The Morgan fingerprint density at radius 1 is 1.59 bits per heavy atom. The third kappa shape index (κ3) is 5.02. The first kappa shape index (κ1) is 14.4. The molecule has 1 fully saturated rings. The summed E-state index contributed by atoms with van der Waals surface area (Å²) in [5, 5.41) is 2.92. The molecule has 0 unspecified atom stereocenters. The standard InChI is InChI=1S/C12H24N2O3/c1-9(7-16-4)13-12(15)6-14-5-11(3)17-8-10(14)2/h9-11H,5-8H2,1-4H3,(H,13,15)/t9-,10+,11-/m0/s1. The van der Waals surface area contributed by atoms with Gasteiger partial charge in [0.15, 0.2) is 0 Å². The van der Waals surface area contributed by atoms with E-state index in [1.807, 2.05) is 13.8 Å². The van der Waals surface area contributed by atoms with Crippen molar-refractivity contribution in [2.45, 2.75) is 39.0 Å². The van der Waals surface area contributed by atoms with Crippen molar-refractivity contribution in [2.24, 2.45) is 0 Å². The smallest absolute Gasteiger partial charge is 0.234 e. The summed E-state index contributed by atoms with van der Waals surface area (Å²) in [6, 6.07) is 0.357. The molecule has 3 atom stereocenters. The van der Waals surface area contributed by atoms with Crippen LogP contribution in [-0.2, 0) is 14.3 Å². The Morgan fingerprint density at radius 2 is 2.29 bits per heavy atom. The van der Waals surface area contributed by atoms with Crippen molar-refractivity contribution < 1.29 is 14.3 Å². The molecule has 0 saturated carbocycles. The van der Waals surface area contributed by atoms with E-state index in [0.29, 0.717) is 25.8 Å². The van der Waals surface area contributed by atoms with Crippen LogP contribution in [0.5, 0.6) is 0 Å². The van der Waals surface area contributed by atoms with E-state index < -0.39 is 0 Å². The fourth-order valence-electron chi connectivity index (χ4n) is 1.99. The maximum absolute atomic E-state index is 11.8. The summed E-state index contributed by atoms with van der Waals surface area (Å²) < 4.78 is 10.5. The van der Waals surface area contributed by atoms with E-state index in [1.54, 1.807) is 7.11 Å². The zero-order valence-electron chi connectivity index (χ0n) is 11.2. The maximum atomic E-state index is 11.8. The average Bonchev–Trinajstić information content (AvgIpc) is 2.23. The molecule has 1 aliphatic heterocycles. The van der Waals surface area contributed by atoms with Crippen LogP contribution in [0.3, 0.4) is 0 Å². The number of carbonyl (C=O) groups excluding carboxylic acids is 1. The van der Waals surface area contributed by atoms with Crippen LogP contribution in [0.4, 0.5) is 0 Å². The Bertz CT molecular complexity index is 248. The molecule has 1 aliphatic rings. The zero-order valence-corrected chi connectivity index (χ0v) is 11.2. The summed E-state index contributed by atoms with van der Waals surface area (Å²) in [6.07, 6.45) is 0.204. The van der Waals surface area contributed by atoms with Crippen molar-refractivity contribution in [3.05, 3.63) is 0 Å². The van der Waals surface area contributed by atoms with Gasteiger partial charge in [-0.3, -0.25) is 9.69 Å². The third-order valence-electron chi connectivity index (χ3n) is 2.91. The number of morpholine rings is 1. The van der Waals surface area contributed by atoms with Gasteiger partial charge in [-0.1, -0.05) is 0 Å². The first-order chi connectivity index (χ1) is 8.02. The van der Waals surface area contributed by atoms with Gasteiger partial charge in [0.1, 0.15) is 0 Å². The highest BCUT2D eigenvalue weighted by Gasteiger charge is 2.25. The predicted molar refractivity (Wildman–Crippen MR) is 65.9 cm³/mol. The second kappa shape index (κ2) is 6.93. The fourth-order valence-corrected chi connectivity index (χ4v) is 1.99. The topological polar surface area (TPSA) is 50.8 Å². The van der Waals surface area contributed by atoms with Gasteiger partial charge in [0.25, 0.3) is 0 Å². The van der Waals surface area contributed by atoms with Crippen molar-refractivity contribution in [3.8, 4) is 0 Å². The van der Waals surface area contributed by atoms with Crippen LogP contribution in [0.15, 0.2) is 0 Å². The quantitative estimate of drug-likeness (QED) is 0.753. The van der Waals surface area contributed by atoms with Gasteiger partial charge < -0.3 is 14.8 Å². The van der Waals surface area contributed by atoms with Crippen LogP contribution in [-0.4, -0.2) is 62.4 Å². The van der Waals surface area contributed by atoms with E-state index >= 15 is 0 Å². The summed E-state index contributed by atoms with van der Waals surface area (Å²) in [6.45, 7) is 8.54. The first-order valence-electron chi connectivity index (χ1n) is 6.17. The van der Waals surface area contributed by atoms with E-state index in [1.165, 1.54) is 0 Å². The predicted octanol–water partition coefficient (Wildman–Crippen LogP) is 0.247. The lowest BCUT2D eigenvalue weighted by molar-refractivity contribution is -0.126. The SMILES string of the molecule is COC[C@H](C)NC(=O)CN1C[C@H](C)OC[C@H]1C. The Labute approximate surface area is 103 Å². The van der Waals surface area contributed by atoms with E-state index in [9.17, 15) is 4.79 Å². The van der Waals surface area contributed by atoms with Gasteiger partial charge in [0.05, 0.1) is 25.9 Å². The van der Waals surface area contributed by atoms with Crippen LogP contribution in [0.2, 0.25) is 0 Å². The molecule has 0 aliphatic carbocycles. The minimum absolute atomic E-state index is 0.0514. The monoisotopic (exact) mass is 244 g/mol. The minimum Gasteiger partial charge on any atom is -0.383 e. The second-order valence-corrected chi connectivity index (χ2v) is 4.85. The summed E-state index contributed by atoms with van der Waals surface area (Å²) in [7, 11) is 1.63. The minimum atomic E-state index is 0.0514. The fraction of sp³-hybridized carbons (Fsp3) is 0.917. The van der Waals surface area contributed by atoms with Crippen molar-refractivity contribution >= 4 is 5.91 Å². The third-order valence-corrected chi connectivity index (χ3v) is 2.91. The zero-order chi connectivity index (χ0) is 12.8. The number of ether oxygens (including phenoxy) is 2. The van der Waals surface area contributed by atoms with Crippen LogP contribution in [0.1, 0.15) is 20.8 Å². The molecule has 0 radical (unpaired) electrons. The maximum Gasteiger partial charge on any atom is 0.234 e. The van der Waals surface area contributed by atoms with E-state index in [-0.39, 0.29) is 18.1 Å². The normalized spacial score (nSPS) is 27.8. The Hall–Kier alpha value is -0.650. The molecule has 5 nitrogen and oxygen atoms in total. The number of amides is 1. The largest absolute Gasteiger partial charge is 0.383 e. The number of rotatable bonds is 5. The average molecular weight is 244 g/mol. The van der Waals surface area contributed by atoms with Gasteiger partial charge in [-0.25, -0.2) is 0 Å². The highest BCUT2D eigenvalue weighted by Crippen LogP contribution is 2.10. The molecule has 17 heavy (non-hydrogen) atoms. The highest BCUT2D eigenvalue weighted by atomic mass is 16.5.